The van der Waals surface area contributed by atoms with E-state index in [0.29, 0.717) is 30.1 Å². The highest BCUT2D eigenvalue weighted by Gasteiger charge is 2.42. The Morgan fingerprint density at radius 2 is 1.82 bits per heavy atom. The van der Waals surface area contributed by atoms with Gasteiger partial charge in [0.05, 0.1) is 11.7 Å². The summed E-state index contributed by atoms with van der Waals surface area (Å²) in [6.45, 7) is 0.402. The molecule has 4 atom stereocenters. The summed E-state index contributed by atoms with van der Waals surface area (Å²) in [5, 5.41) is 24.6. The minimum absolute atomic E-state index is 0.0743. The SMILES string of the molecule is OCC1C(O)CC(NCc2ccc(Cl)cc2)C1Cc1ccnc(-c2cccc(C(F)(F)F)c2)n1. The van der Waals surface area contributed by atoms with Gasteiger partial charge in [0.15, 0.2) is 5.82 Å². The Morgan fingerprint density at radius 1 is 1.06 bits per heavy atom. The number of aromatic nitrogens is 2. The first-order chi connectivity index (χ1) is 16.2. The van der Waals surface area contributed by atoms with Gasteiger partial charge in [-0.15, -0.1) is 0 Å². The summed E-state index contributed by atoms with van der Waals surface area (Å²) in [6.07, 6.45) is -2.68. The van der Waals surface area contributed by atoms with Gasteiger partial charge >= 0.3 is 6.18 Å². The van der Waals surface area contributed by atoms with E-state index in [2.05, 4.69) is 15.3 Å². The molecule has 1 fully saturated rings. The number of hydrogen-bond donors (Lipinski definition) is 3. The van der Waals surface area contributed by atoms with Gasteiger partial charge in [-0.05, 0) is 54.7 Å². The van der Waals surface area contributed by atoms with E-state index in [9.17, 15) is 23.4 Å². The lowest BCUT2D eigenvalue weighted by molar-refractivity contribution is -0.137. The Hall–Kier alpha value is -2.52. The van der Waals surface area contributed by atoms with Gasteiger partial charge in [0.1, 0.15) is 0 Å². The molecule has 1 aromatic heterocycles. The van der Waals surface area contributed by atoms with Crippen molar-refractivity contribution >= 4 is 11.6 Å². The molecule has 9 heteroatoms. The van der Waals surface area contributed by atoms with Crippen LogP contribution in [0.3, 0.4) is 0 Å². The number of benzene rings is 2. The van der Waals surface area contributed by atoms with Crippen LogP contribution in [0.2, 0.25) is 5.02 Å². The van der Waals surface area contributed by atoms with Crippen LogP contribution in [0, 0.1) is 11.8 Å². The van der Waals surface area contributed by atoms with Gasteiger partial charge in [-0.25, -0.2) is 9.97 Å². The molecule has 3 aromatic rings. The van der Waals surface area contributed by atoms with Crippen LogP contribution in [-0.2, 0) is 19.1 Å². The minimum Gasteiger partial charge on any atom is -0.396 e. The van der Waals surface area contributed by atoms with Crippen molar-refractivity contribution in [1.29, 1.82) is 0 Å². The fourth-order valence-electron chi connectivity index (χ4n) is 4.56. The Morgan fingerprint density at radius 3 is 2.53 bits per heavy atom. The summed E-state index contributed by atoms with van der Waals surface area (Å²) in [4.78, 5) is 8.66. The van der Waals surface area contributed by atoms with Gasteiger partial charge in [-0.3, -0.25) is 0 Å². The van der Waals surface area contributed by atoms with Crippen molar-refractivity contribution in [2.75, 3.05) is 6.61 Å². The van der Waals surface area contributed by atoms with Crippen LogP contribution in [0.1, 0.15) is 23.2 Å². The smallest absolute Gasteiger partial charge is 0.396 e. The molecular formula is C25H25ClF3N3O2. The van der Waals surface area contributed by atoms with E-state index in [1.165, 1.54) is 12.3 Å². The normalized spacial score (nSPS) is 22.8. The number of halogens is 4. The second-order valence-corrected chi connectivity index (χ2v) is 9.02. The van der Waals surface area contributed by atoms with Gasteiger partial charge in [-0.1, -0.05) is 35.9 Å². The lowest BCUT2D eigenvalue weighted by atomic mass is 9.88. The zero-order valence-electron chi connectivity index (χ0n) is 18.2. The lowest BCUT2D eigenvalue weighted by Gasteiger charge is -2.25. The van der Waals surface area contributed by atoms with Crippen molar-refractivity contribution < 1.29 is 23.4 Å². The van der Waals surface area contributed by atoms with E-state index in [0.717, 1.165) is 17.7 Å². The van der Waals surface area contributed by atoms with Crippen LogP contribution >= 0.6 is 11.6 Å². The van der Waals surface area contributed by atoms with Crippen molar-refractivity contribution in [1.82, 2.24) is 15.3 Å². The highest BCUT2D eigenvalue weighted by atomic mass is 35.5. The Bertz CT molecular complexity index is 1110. The molecule has 180 valence electrons. The molecule has 0 radical (unpaired) electrons. The lowest BCUT2D eigenvalue weighted by Crippen LogP contribution is -2.36. The molecule has 2 aromatic carbocycles. The topological polar surface area (TPSA) is 78.3 Å². The van der Waals surface area contributed by atoms with Gasteiger partial charge in [0.25, 0.3) is 0 Å². The molecule has 4 unspecified atom stereocenters. The molecule has 1 aliphatic carbocycles. The fraction of sp³-hybridized carbons (Fsp3) is 0.360. The number of aliphatic hydroxyl groups is 2. The standard InChI is InChI=1S/C25H25ClF3N3O2/c26-18-6-4-15(5-7-18)13-31-22-12-23(34)21(14-33)20(22)11-19-8-9-30-24(32-19)16-2-1-3-17(10-16)25(27,28)29/h1-10,20-23,31,33-34H,11-14H2. The molecular weight excluding hydrogens is 467 g/mol. The quantitative estimate of drug-likeness (QED) is 0.453. The predicted octanol–water partition coefficient (Wildman–Crippen LogP) is 4.51. The average Bonchev–Trinajstić information content (AvgIpc) is 3.12. The van der Waals surface area contributed by atoms with Gasteiger partial charge in [0.2, 0.25) is 0 Å². The molecule has 34 heavy (non-hydrogen) atoms. The first-order valence-electron chi connectivity index (χ1n) is 11.0. The minimum atomic E-state index is -4.45. The first kappa shape index (κ1) is 24.6. The Balaban J connectivity index is 1.52. The molecule has 1 saturated carbocycles. The van der Waals surface area contributed by atoms with Crippen LogP contribution in [0.5, 0.6) is 0 Å². The van der Waals surface area contributed by atoms with E-state index < -0.39 is 17.8 Å². The molecule has 0 aliphatic heterocycles. The maximum absolute atomic E-state index is 13.1. The Kier molecular flexibility index (Phi) is 7.52. The molecule has 5 nitrogen and oxygen atoms in total. The van der Waals surface area contributed by atoms with E-state index >= 15 is 0 Å². The molecule has 0 amide bonds. The van der Waals surface area contributed by atoms with Crippen LogP contribution in [-0.4, -0.2) is 38.9 Å². The van der Waals surface area contributed by atoms with Crippen molar-refractivity contribution in [2.24, 2.45) is 11.8 Å². The van der Waals surface area contributed by atoms with E-state index in [1.807, 2.05) is 24.3 Å². The summed E-state index contributed by atoms with van der Waals surface area (Å²) < 4.78 is 39.3. The molecule has 0 bridgehead atoms. The number of hydrogen-bond acceptors (Lipinski definition) is 5. The maximum atomic E-state index is 13.1. The third-order valence-corrected chi connectivity index (χ3v) is 6.61. The zero-order valence-corrected chi connectivity index (χ0v) is 19.0. The predicted molar refractivity (Wildman–Crippen MR) is 123 cm³/mol. The summed E-state index contributed by atoms with van der Waals surface area (Å²) >= 11 is 5.95. The Labute approximate surface area is 200 Å². The van der Waals surface area contributed by atoms with Gasteiger partial charge < -0.3 is 15.5 Å². The highest BCUT2D eigenvalue weighted by molar-refractivity contribution is 6.30. The van der Waals surface area contributed by atoms with Crippen LogP contribution in [0.4, 0.5) is 13.2 Å². The van der Waals surface area contributed by atoms with Crippen LogP contribution < -0.4 is 5.32 Å². The summed E-state index contributed by atoms with van der Waals surface area (Å²) in [5.74, 6) is -0.250. The second kappa shape index (κ2) is 10.4. The average molecular weight is 492 g/mol. The molecule has 1 aliphatic rings. The van der Waals surface area contributed by atoms with Crippen molar-refractivity contribution in [3.05, 3.63) is 82.6 Å². The summed E-state index contributed by atoms with van der Waals surface area (Å²) in [6, 6.07) is 14.0. The number of rotatable bonds is 7. The van der Waals surface area contributed by atoms with E-state index in [-0.39, 0.29) is 35.9 Å². The first-order valence-corrected chi connectivity index (χ1v) is 11.4. The van der Waals surface area contributed by atoms with E-state index in [1.54, 1.807) is 12.1 Å². The van der Waals surface area contributed by atoms with Crippen molar-refractivity contribution in [3.8, 4) is 11.4 Å². The molecule has 4 rings (SSSR count). The number of alkyl halides is 3. The van der Waals surface area contributed by atoms with Crippen LogP contribution in [0.25, 0.3) is 11.4 Å². The largest absolute Gasteiger partial charge is 0.416 e. The number of aliphatic hydroxyl groups excluding tert-OH is 2. The third-order valence-electron chi connectivity index (χ3n) is 6.36. The van der Waals surface area contributed by atoms with Crippen molar-refractivity contribution in [2.45, 2.75) is 37.7 Å². The van der Waals surface area contributed by atoms with Gasteiger partial charge in [0, 0.05) is 47.6 Å². The third kappa shape index (κ3) is 5.75. The molecule has 3 N–H and O–H groups in total. The second-order valence-electron chi connectivity index (χ2n) is 8.58. The molecule has 0 saturated heterocycles. The summed E-state index contributed by atoms with van der Waals surface area (Å²) in [5.41, 5.74) is 1.20. The van der Waals surface area contributed by atoms with Crippen molar-refractivity contribution in [3.63, 3.8) is 0 Å². The molecule has 0 spiro atoms. The maximum Gasteiger partial charge on any atom is 0.416 e. The fourth-order valence-corrected chi connectivity index (χ4v) is 4.68. The molecule has 1 heterocycles. The zero-order chi connectivity index (χ0) is 24.3. The number of nitrogens with zero attached hydrogens (tertiary/aromatic N) is 2. The van der Waals surface area contributed by atoms with Gasteiger partial charge in [-0.2, -0.15) is 13.2 Å². The van der Waals surface area contributed by atoms with E-state index in [4.69, 9.17) is 11.6 Å². The monoisotopic (exact) mass is 491 g/mol. The number of nitrogens with one attached hydrogen (secondary N) is 1. The summed E-state index contributed by atoms with van der Waals surface area (Å²) in [7, 11) is 0. The van der Waals surface area contributed by atoms with Crippen LogP contribution in [0.15, 0.2) is 60.8 Å². The highest BCUT2D eigenvalue weighted by Crippen LogP contribution is 2.35.